The van der Waals surface area contributed by atoms with Crippen LogP contribution in [-0.4, -0.2) is 30.3 Å². The van der Waals surface area contributed by atoms with Crippen molar-refractivity contribution in [2.75, 3.05) is 5.32 Å². The second-order valence-corrected chi connectivity index (χ2v) is 7.32. The van der Waals surface area contributed by atoms with Crippen LogP contribution in [-0.2, 0) is 6.54 Å². The third-order valence-corrected chi connectivity index (χ3v) is 5.12. The molecule has 30 heavy (non-hydrogen) atoms. The zero-order valence-corrected chi connectivity index (χ0v) is 16.7. The van der Waals surface area contributed by atoms with E-state index in [1.54, 1.807) is 10.6 Å². The molecule has 0 bridgehead atoms. The third-order valence-electron chi connectivity index (χ3n) is 5.12. The van der Waals surface area contributed by atoms with E-state index in [0.29, 0.717) is 23.6 Å². The number of aromatic nitrogens is 5. The number of fused-ring (bicyclic) bond motifs is 2. The van der Waals surface area contributed by atoms with E-state index in [9.17, 15) is 4.79 Å². The van der Waals surface area contributed by atoms with Gasteiger partial charge in [0, 0.05) is 23.7 Å². The largest absolute Gasteiger partial charge is 0.305 e. The highest BCUT2D eigenvalue weighted by atomic mass is 16.1. The number of rotatable bonds is 4. The van der Waals surface area contributed by atoms with Gasteiger partial charge in [0.05, 0.1) is 12.7 Å². The van der Waals surface area contributed by atoms with Gasteiger partial charge in [-0.15, -0.1) is 0 Å². The van der Waals surface area contributed by atoms with Crippen LogP contribution in [0.25, 0.3) is 16.4 Å². The number of nitrogens with one attached hydrogen (secondary N) is 1. The third kappa shape index (κ3) is 3.20. The fourth-order valence-electron chi connectivity index (χ4n) is 3.74. The summed E-state index contributed by atoms with van der Waals surface area (Å²) in [5.74, 6) is 0.210. The van der Waals surface area contributed by atoms with Crippen LogP contribution in [0.5, 0.6) is 0 Å². The second kappa shape index (κ2) is 7.11. The minimum Gasteiger partial charge on any atom is -0.305 e. The molecule has 7 heteroatoms. The van der Waals surface area contributed by atoms with Crippen LogP contribution in [0.15, 0.2) is 67.0 Å². The maximum absolute atomic E-state index is 12.8. The number of hydrogen-bond donors (Lipinski definition) is 1. The minimum absolute atomic E-state index is 0.280. The molecule has 5 aromatic rings. The van der Waals surface area contributed by atoms with Gasteiger partial charge < -0.3 is 5.32 Å². The van der Waals surface area contributed by atoms with Crippen LogP contribution in [0.4, 0.5) is 5.82 Å². The summed E-state index contributed by atoms with van der Waals surface area (Å²) in [4.78, 5) is 17.3. The first-order valence-electron chi connectivity index (χ1n) is 9.72. The molecule has 5 rings (SSSR count). The lowest BCUT2D eigenvalue weighted by molar-refractivity contribution is 0.102. The van der Waals surface area contributed by atoms with Gasteiger partial charge in [0.25, 0.3) is 5.91 Å². The Kier molecular flexibility index (Phi) is 4.28. The number of hydrogen-bond acceptors (Lipinski definition) is 4. The summed E-state index contributed by atoms with van der Waals surface area (Å²) in [5, 5.41) is 14.0. The number of amides is 1. The molecule has 3 heterocycles. The average Bonchev–Trinajstić information content (AvgIpc) is 3.35. The SMILES string of the molecule is Cc1cc(C)n2ncc(C(=O)Nc3ccn(Cc4cccc5ccccc45)n3)c2n1. The van der Waals surface area contributed by atoms with Gasteiger partial charge in [0.1, 0.15) is 5.56 Å². The molecule has 7 nitrogen and oxygen atoms in total. The molecule has 0 unspecified atom stereocenters. The van der Waals surface area contributed by atoms with Crippen molar-refractivity contribution in [2.24, 2.45) is 0 Å². The van der Waals surface area contributed by atoms with Crippen LogP contribution in [0, 0.1) is 13.8 Å². The first kappa shape index (κ1) is 18.1. The predicted molar refractivity (Wildman–Crippen MR) is 116 cm³/mol. The molecule has 148 valence electrons. The Morgan fingerprint density at radius 2 is 1.90 bits per heavy atom. The molecule has 0 atom stereocenters. The van der Waals surface area contributed by atoms with Crippen molar-refractivity contribution in [1.29, 1.82) is 0 Å². The van der Waals surface area contributed by atoms with Crippen LogP contribution in [0.2, 0.25) is 0 Å². The molecule has 0 saturated heterocycles. The molecule has 3 aromatic heterocycles. The zero-order chi connectivity index (χ0) is 20.7. The first-order valence-corrected chi connectivity index (χ1v) is 9.72. The Morgan fingerprint density at radius 1 is 1.07 bits per heavy atom. The van der Waals surface area contributed by atoms with Crippen molar-refractivity contribution in [2.45, 2.75) is 20.4 Å². The van der Waals surface area contributed by atoms with Crippen molar-refractivity contribution >= 4 is 28.1 Å². The summed E-state index contributed by atoms with van der Waals surface area (Å²) in [7, 11) is 0. The molecule has 0 aliphatic heterocycles. The van der Waals surface area contributed by atoms with E-state index in [1.165, 1.54) is 22.5 Å². The Morgan fingerprint density at radius 3 is 2.80 bits per heavy atom. The lowest BCUT2D eigenvalue weighted by atomic mass is 10.0. The molecule has 1 amide bonds. The van der Waals surface area contributed by atoms with Gasteiger partial charge in [-0.2, -0.15) is 10.2 Å². The highest BCUT2D eigenvalue weighted by Crippen LogP contribution is 2.20. The summed E-state index contributed by atoms with van der Waals surface area (Å²) < 4.78 is 3.49. The van der Waals surface area contributed by atoms with Crippen molar-refractivity contribution < 1.29 is 4.79 Å². The van der Waals surface area contributed by atoms with E-state index in [2.05, 4.69) is 44.8 Å². The highest BCUT2D eigenvalue weighted by molar-refractivity contribution is 6.07. The smallest absolute Gasteiger partial charge is 0.262 e. The normalized spacial score (nSPS) is 11.3. The zero-order valence-electron chi connectivity index (χ0n) is 16.7. The number of nitrogens with zero attached hydrogens (tertiary/aromatic N) is 5. The first-order chi connectivity index (χ1) is 14.6. The Hall–Kier alpha value is -4.00. The van der Waals surface area contributed by atoms with E-state index in [0.717, 1.165) is 11.4 Å². The molecule has 0 spiro atoms. The fraction of sp³-hybridized carbons (Fsp3) is 0.130. The minimum atomic E-state index is -0.280. The van der Waals surface area contributed by atoms with Gasteiger partial charge in [0.15, 0.2) is 11.5 Å². The van der Waals surface area contributed by atoms with Gasteiger partial charge in [-0.1, -0.05) is 42.5 Å². The number of aryl methyl sites for hydroxylation is 2. The van der Waals surface area contributed by atoms with E-state index < -0.39 is 0 Å². The maximum Gasteiger partial charge on any atom is 0.262 e. The van der Waals surface area contributed by atoms with Gasteiger partial charge in [-0.25, -0.2) is 9.50 Å². The quantitative estimate of drug-likeness (QED) is 0.498. The van der Waals surface area contributed by atoms with Crippen molar-refractivity contribution in [3.63, 3.8) is 0 Å². The topological polar surface area (TPSA) is 77.1 Å². The van der Waals surface area contributed by atoms with Crippen LogP contribution in [0.1, 0.15) is 27.3 Å². The summed E-state index contributed by atoms with van der Waals surface area (Å²) in [6.07, 6.45) is 3.40. The lowest BCUT2D eigenvalue weighted by Gasteiger charge is -2.07. The number of benzene rings is 2. The van der Waals surface area contributed by atoms with Gasteiger partial charge in [-0.05, 0) is 36.2 Å². The summed E-state index contributed by atoms with van der Waals surface area (Å²) >= 11 is 0. The van der Waals surface area contributed by atoms with Crippen LogP contribution < -0.4 is 5.32 Å². The molecule has 0 radical (unpaired) electrons. The van der Waals surface area contributed by atoms with Crippen molar-refractivity contribution in [1.82, 2.24) is 24.4 Å². The number of carbonyl (C=O) groups is 1. The summed E-state index contributed by atoms with van der Waals surface area (Å²) in [6.45, 7) is 4.45. The van der Waals surface area contributed by atoms with Crippen LogP contribution in [0.3, 0.4) is 0 Å². The lowest BCUT2D eigenvalue weighted by Crippen LogP contribution is -2.13. The van der Waals surface area contributed by atoms with Crippen molar-refractivity contribution in [3.8, 4) is 0 Å². The Bertz CT molecular complexity index is 1390. The van der Waals surface area contributed by atoms with E-state index in [4.69, 9.17) is 0 Å². The molecular weight excluding hydrogens is 376 g/mol. The molecule has 0 aliphatic rings. The van der Waals surface area contributed by atoms with Crippen molar-refractivity contribution in [3.05, 3.63) is 89.5 Å². The summed E-state index contributed by atoms with van der Waals surface area (Å²) in [5.41, 5.74) is 3.90. The van der Waals surface area contributed by atoms with Crippen LogP contribution >= 0.6 is 0 Å². The summed E-state index contributed by atoms with van der Waals surface area (Å²) in [6, 6.07) is 18.2. The fourth-order valence-corrected chi connectivity index (χ4v) is 3.74. The van der Waals surface area contributed by atoms with Gasteiger partial charge in [0.2, 0.25) is 0 Å². The van der Waals surface area contributed by atoms with E-state index >= 15 is 0 Å². The van der Waals surface area contributed by atoms with E-state index in [-0.39, 0.29) is 5.91 Å². The molecule has 0 aliphatic carbocycles. The van der Waals surface area contributed by atoms with Gasteiger partial charge in [-0.3, -0.25) is 9.48 Å². The molecule has 0 fully saturated rings. The highest BCUT2D eigenvalue weighted by Gasteiger charge is 2.16. The average molecular weight is 396 g/mol. The standard InChI is InChI=1S/C23H20N6O/c1-15-12-16(2)29-22(25-15)20(13-24-29)23(30)26-21-10-11-28(27-21)14-18-8-5-7-17-6-3-4-9-19(17)18/h3-13H,14H2,1-2H3,(H,26,27,30). The molecule has 0 saturated carbocycles. The maximum atomic E-state index is 12.8. The van der Waals surface area contributed by atoms with Gasteiger partial charge >= 0.3 is 0 Å². The molecule has 2 aromatic carbocycles. The predicted octanol–water partition coefficient (Wildman–Crippen LogP) is 4.00. The monoisotopic (exact) mass is 396 g/mol. The Balaban J connectivity index is 1.38. The molecule has 1 N–H and O–H groups in total. The number of carbonyl (C=O) groups excluding carboxylic acids is 1. The number of anilines is 1. The second-order valence-electron chi connectivity index (χ2n) is 7.32. The molecular formula is C23H20N6O. The van der Waals surface area contributed by atoms with E-state index in [1.807, 2.05) is 49.0 Å². The Labute approximate surface area is 173 Å².